The predicted octanol–water partition coefficient (Wildman–Crippen LogP) is 3.00. The SMILES string of the molecule is OCc1ccc(C2(O)c3cccnc3-c3ncc(Br)cc32)cc1. The van der Waals surface area contributed by atoms with Gasteiger partial charge in [0.15, 0.2) is 0 Å². The molecule has 0 amide bonds. The monoisotopic (exact) mass is 368 g/mol. The third-order valence-corrected chi connectivity index (χ3v) is 4.65. The maximum absolute atomic E-state index is 11.6. The van der Waals surface area contributed by atoms with Crippen LogP contribution in [0.3, 0.4) is 0 Å². The third-order valence-electron chi connectivity index (χ3n) is 4.22. The first-order valence-electron chi connectivity index (χ1n) is 7.19. The minimum Gasteiger partial charge on any atom is -0.392 e. The molecule has 114 valence electrons. The summed E-state index contributed by atoms with van der Waals surface area (Å²) >= 11 is 3.43. The molecule has 0 saturated heterocycles. The van der Waals surface area contributed by atoms with E-state index in [-0.39, 0.29) is 6.61 Å². The number of hydrogen-bond donors (Lipinski definition) is 2. The van der Waals surface area contributed by atoms with Gasteiger partial charge in [-0.25, -0.2) is 0 Å². The van der Waals surface area contributed by atoms with Crippen LogP contribution in [-0.2, 0) is 12.2 Å². The van der Waals surface area contributed by atoms with Crippen LogP contribution in [0.2, 0.25) is 0 Å². The fourth-order valence-electron chi connectivity index (χ4n) is 3.10. The number of hydrogen-bond acceptors (Lipinski definition) is 4. The fraction of sp³-hybridized carbons (Fsp3) is 0.111. The summed E-state index contributed by atoms with van der Waals surface area (Å²) < 4.78 is 0.800. The van der Waals surface area contributed by atoms with Gasteiger partial charge in [0.05, 0.1) is 18.0 Å². The molecule has 4 rings (SSSR count). The molecule has 5 heteroatoms. The number of rotatable bonds is 2. The van der Waals surface area contributed by atoms with E-state index in [1.54, 1.807) is 12.4 Å². The van der Waals surface area contributed by atoms with Crippen molar-refractivity contribution in [3.05, 3.63) is 81.6 Å². The maximum Gasteiger partial charge on any atom is 0.144 e. The van der Waals surface area contributed by atoms with Crippen LogP contribution in [0, 0.1) is 0 Å². The summed E-state index contributed by atoms with van der Waals surface area (Å²) in [5.74, 6) is 0. The number of benzene rings is 1. The van der Waals surface area contributed by atoms with E-state index in [0.717, 1.165) is 21.2 Å². The molecular weight excluding hydrogens is 356 g/mol. The van der Waals surface area contributed by atoms with Crippen LogP contribution in [0.1, 0.15) is 22.3 Å². The summed E-state index contributed by atoms with van der Waals surface area (Å²) in [7, 11) is 0. The predicted molar refractivity (Wildman–Crippen MR) is 89.6 cm³/mol. The molecule has 1 aliphatic rings. The number of aliphatic hydroxyl groups excluding tert-OH is 1. The molecule has 0 bridgehead atoms. The normalized spacial score (nSPS) is 18.6. The van der Waals surface area contributed by atoms with Gasteiger partial charge in [-0.1, -0.05) is 30.3 Å². The molecule has 0 aliphatic heterocycles. The Morgan fingerprint density at radius 2 is 1.74 bits per heavy atom. The highest BCUT2D eigenvalue weighted by atomic mass is 79.9. The Balaban J connectivity index is 2.01. The van der Waals surface area contributed by atoms with E-state index in [4.69, 9.17) is 0 Å². The van der Waals surface area contributed by atoms with Crippen molar-refractivity contribution >= 4 is 15.9 Å². The Labute approximate surface area is 141 Å². The Bertz CT molecular complexity index is 896. The van der Waals surface area contributed by atoms with Gasteiger partial charge in [0.1, 0.15) is 5.60 Å². The minimum absolute atomic E-state index is 0.0272. The lowest BCUT2D eigenvalue weighted by Crippen LogP contribution is -2.26. The lowest BCUT2D eigenvalue weighted by Gasteiger charge is -2.26. The maximum atomic E-state index is 11.6. The Kier molecular flexibility index (Phi) is 3.30. The van der Waals surface area contributed by atoms with E-state index >= 15 is 0 Å². The van der Waals surface area contributed by atoms with Crippen molar-refractivity contribution in [2.45, 2.75) is 12.2 Å². The van der Waals surface area contributed by atoms with E-state index in [2.05, 4.69) is 25.9 Å². The number of aromatic nitrogens is 2. The average Bonchev–Trinajstić information content (AvgIpc) is 2.85. The van der Waals surface area contributed by atoms with Gasteiger partial charge in [0.2, 0.25) is 0 Å². The van der Waals surface area contributed by atoms with Gasteiger partial charge in [0.25, 0.3) is 0 Å². The topological polar surface area (TPSA) is 66.2 Å². The molecule has 3 aromatic rings. The van der Waals surface area contributed by atoms with E-state index < -0.39 is 5.60 Å². The van der Waals surface area contributed by atoms with Crippen molar-refractivity contribution in [1.82, 2.24) is 9.97 Å². The van der Waals surface area contributed by atoms with Crippen LogP contribution in [0.5, 0.6) is 0 Å². The molecule has 2 heterocycles. The molecule has 1 unspecified atom stereocenters. The molecule has 0 spiro atoms. The van der Waals surface area contributed by atoms with E-state index in [1.807, 2.05) is 42.5 Å². The summed E-state index contributed by atoms with van der Waals surface area (Å²) in [4.78, 5) is 8.85. The van der Waals surface area contributed by atoms with E-state index in [9.17, 15) is 10.2 Å². The summed E-state index contributed by atoms with van der Waals surface area (Å²) in [6.45, 7) is -0.0272. The molecule has 2 aromatic heterocycles. The molecule has 1 atom stereocenters. The number of fused-ring (bicyclic) bond motifs is 3. The lowest BCUT2D eigenvalue weighted by molar-refractivity contribution is 0.130. The largest absolute Gasteiger partial charge is 0.392 e. The van der Waals surface area contributed by atoms with Crippen LogP contribution in [-0.4, -0.2) is 20.2 Å². The number of nitrogens with zero attached hydrogens (tertiary/aromatic N) is 2. The van der Waals surface area contributed by atoms with Gasteiger partial charge in [-0.05, 0) is 39.2 Å². The standard InChI is InChI=1S/C18H13BrN2O2/c19-13-8-15-17(21-9-13)16-14(2-1-7-20-16)18(15,23)12-5-3-11(10-22)4-6-12/h1-9,22-23H,10H2. The lowest BCUT2D eigenvalue weighted by atomic mass is 9.85. The van der Waals surface area contributed by atoms with Gasteiger partial charge < -0.3 is 10.2 Å². The molecule has 4 nitrogen and oxygen atoms in total. The summed E-state index contributed by atoms with van der Waals surface area (Å²) in [5, 5.41) is 20.8. The second kappa shape index (κ2) is 5.23. The number of aliphatic hydroxyl groups is 2. The van der Waals surface area contributed by atoms with Gasteiger partial charge >= 0.3 is 0 Å². The first-order valence-corrected chi connectivity index (χ1v) is 7.98. The Hall–Kier alpha value is -2.08. The van der Waals surface area contributed by atoms with Crippen LogP contribution < -0.4 is 0 Å². The van der Waals surface area contributed by atoms with Crippen molar-refractivity contribution < 1.29 is 10.2 Å². The molecular formula is C18H13BrN2O2. The highest BCUT2D eigenvalue weighted by Gasteiger charge is 2.44. The summed E-state index contributed by atoms with van der Waals surface area (Å²) in [6, 6.07) is 12.9. The number of pyridine rings is 2. The quantitative estimate of drug-likeness (QED) is 0.729. The van der Waals surface area contributed by atoms with Crippen LogP contribution >= 0.6 is 15.9 Å². The van der Waals surface area contributed by atoms with Gasteiger partial charge in [-0.2, -0.15) is 0 Å². The molecule has 2 N–H and O–H groups in total. The second-order valence-electron chi connectivity index (χ2n) is 5.51. The smallest absolute Gasteiger partial charge is 0.144 e. The average molecular weight is 369 g/mol. The van der Waals surface area contributed by atoms with Crippen molar-refractivity contribution in [2.24, 2.45) is 0 Å². The summed E-state index contributed by atoms with van der Waals surface area (Å²) in [5.41, 5.74) is 3.04. The third kappa shape index (κ3) is 2.05. The van der Waals surface area contributed by atoms with E-state index in [1.165, 1.54) is 0 Å². The zero-order valence-corrected chi connectivity index (χ0v) is 13.7. The van der Waals surface area contributed by atoms with Crippen molar-refractivity contribution in [3.8, 4) is 11.4 Å². The highest BCUT2D eigenvalue weighted by Crippen LogP contribution is 2.49. The summed E-state index contributed by atoms with van der Waals surface area (Å²) in [6.07, 6.45) is 3.41. The van der Waals surface area contributed by atoms with Crippen molar-refractivity contribution in [3.63, 3.8) is 0 Å². The van der Waals surface area contributed by atoms with Gasteiger partial charge in [0, 0.05) is 28.0 Å². The molecule has 0 radical (unpaired) electrons. The first kappa shape index (κ1) is 14.5. The van der Waals surface area contributed by atoms with Crippen molar-refractivity contribution in [2.75, 3.05) is 0 Å². The highest BCUT2D eigenvalue weighted by molar-refractivity contribution is 9.10. The zero-order valence-electron chi connectivity index (χ0n) is 12.1. The van der Waals surface area contributed by atoms with Crippen LogP contribution in [0.15, 0.2) is 59.3 Å². The van der Waals surface area contributed by atoms with Crippen LogP contribution in [0.25, 0.3) is 11.4 Å². The fourth-order valence-corrected chi connectivity index (χ4v) is 3.43. The molecule has 1 aromatic carbocycles. The zero-order chi connectivity index (χ0) is 16.0. The molecule has 0 fully saturated rings. The van der Waals surface area contributed by atoms with E-state index in [0.29, 0.717) is 17.0 Å². The second-order valence-corrected chi connectivity index (χ2v) is 6.43. The Morgan fingerprint density at radius 3 is 2.48 bits per heavy atom. The molecule has 0 saturated carbocycles. The van der Waals surface area contributed by atoms with Crippen molar-refractivity contribution in [1.29, 1.82) is 0 Å². The first-order chi connectivity index (χ1) is 11.1. The van der Waals surface area contributed by atoms with Crippen LogP contribution in [0.4, 0.5) is 0 Å². The minimum atomic E-state index is -1.30. The van der Waals surface area contributed by atoms with Gasteiger partial charge in [-0.3, -0.25) is 9.97 Å². The molecule has 1 aliphatic carbocycles. The number of halogens is 1. The molecule has 23 heavy (non-hydrogen) atoms. The Morgan fingerprint density at radius 1 is 1.00 bits per heavy atom. The van der Waals surface area contributed by atoms with Gasteiger partial charge in [-0.15, -0.1) is 0 Å².